The van der Waals surface area contributed by atoms with E-state index in [4.69, 9.17) is 0 Å². The third kappa shape index (κ3) is 2.06. The average Bonchev–Trinajstić information content (AvgIpc) is 3.04. The summed E-state index contributed by atoms with van der Waals surface area (Å²) in [7, 11) is 0. The lowest BCUT2D eigenvalue weighted by molar-refractivity contribution is -0.124. The molecule has 2 heterocycles. The SMILES string of the molecule is CCc1cc(C)c(C2=C(O)C3CCCN3C2=O)c(CC)c1. The van der Waals surface area contributed by atoms with E-state index in [1.807, 2.05) is 11.8 Å². The molecule has 1 atom stereocenters. The smallest absolute Gasteiger partial charge is 0.258 e. The van der Waals surface area contributed by atoms with Gasteiger partial charge in [-0.25, -0.2) is 0 Å². The van der Waals surface area contributed by atoms with E-state index in [1.165, 1.54) is 11.1 Å². The van der Waals surface area contributed by atoms with E-state index < -0.39 is 0 Å². The summed E-state index contributed by atoms with van der Waals surface area (Å²) in [4.78, 5) is 14.5. The van der Waals surface area contributed by atoms with Gasteiger partial charge in [-0.2, -0.15) is 0 Å². The second-order valence-electron chi connectivity index (χ2n) is 6.07. The van der Waals surface area contributed by atoms with Crippen LogP contribution in [0.15, 0.2) is 17.9 Å². The number of carbonyl (C=O) groups excluding carboxylic acids is 1. The molecule has 0 bridgehead atoms. The molecule has 0 aromatic heterocycles. The van der Waals surface area contributed by atoms with E-state index >= 15 is 0 Å². The number of fused-ring (bicyclic) bond motifs is 1. The number of hydrogen-bond acceptors (Lipinski definition) is 2. The number of carbonyl (C=O) groups is 1. The van der Waals surface area contributed by atoms with Crippen LogP contribution >= 0.6 is 0 Å². The van der Waals surface area contributed by atoms with Crippen molar-refractivity contribution in [2.45, 2.75) is 52.5 Å². The Bertz CT molecular complexity index is 630. The molecule has 1 amide bonds. The van der Waals surface area contributed by atoms with Gasteiger partial charge in [0.1, 0.15) is 5.76 Å². The number of aliphatic hydroxyl groups is 1. The largest absolute Gasteiger partial charge is 0.509 e. The normalized spacial score (nSPS) is 21.4. The molecule has 1 fully saturated rings. The summed E-state index contributed by atoms with van der Waals surface area (Å²) in [6.07, 6.45) is 3.73. The van der Waals surface area contributed by atoms with Crippen LogP contribution < -0.4 is 0 Å². The first kappa shape index (κ1) is 14.2. The highest BCUT2D eigenvalue weighted by molar-refractivity contribution is 6.23. The quantitative estimate of drug-likeness (QED) is 0.924. The highest BCUT2D eigenvalue weighted by atomic mass is 16.3. The van der Waals surface area contributed by atoms with Gasteiger partial charge in [-0.15, -0.1) is 0 Å². The maximum atomic E-state index is 12.7. The van der Waals surface area contributed by atoms with E-state index in [9.17, 15) is 9.90 Å². The summed E-state index contributed by atoms with van der Waals surface area (Å²) in [6.45, 7) is 7.06. The van der Waals surface area contributed by atoms with Crippen LogP contribution in [0.5, 0.6) is 0 Å². The van der Waals surface area contributed by atoms with Crippen LogP contribution in [0, 0.1) is 6.92 Å². The van der Waals surface area contributed by atoms with Crippen molar-refractivity contribution in [3.05, 3.63) is 40.1 Å². The Kier molecular flexibility index (Phi) is 3.52. The Balaban J connectivity index is 2.16. The second-order valence-corrected chi connectivity index (χ2v) is 6.07. The van der Waals surface area contributed by atoms with Gasteiger partial charge in [0, 0.05) is 6.54 Å². The molecule has 112 valence electrons. The molecule has 1 aromatic carbocycles. The fraction of sp³-hybridized carbons (Fsp3) is 0.500. The average molecular weight is 285 g/mol. The Morgan fingerprint density at radius 2 is 2.05 bits per heavy atom. The minimum Gasteiger partial charge on any atom is -0.509 e. The number of benzene rings is 1. The van der Waals surface area contributed by atoms with Crippen LogP contribution in [0.4, 0.5) is 0 Å². The molecule has 3 rings (SSSR count). The lowest BCUT2D eigenvalue weighted by Gasteiger charge is -2.17. The standard InChI is InChI=1S/C18H23NO2/c1-4-12-9-11(3)15(13(5-2)10-12)16-17(20)14-7-6-8-19(14)18(16)21/h9-10,14,20H,4-8H2,1-3H3. The van der Waals surface area contributed by atoms with Crippen molar-refractivity contribution in [1.29, 1.82) is 0 Å². The van der Waals surface area contributed by atoms with E-state index in [1.54, 1.807) is 0 Å². The predicted octanol–water partition coefficient (Wildman–Crippen LogP) is 3.39. The molecule has 1 unspecified atom stereocenters. The molecule has 1 N–H and O–H groups in total. The molecular formula is C18H23NO2. The number of aliphatic hydroxyl groups excluding tert-OH is 1. The fourth-order valence-corrected chi connectivity index (χ4v) is 3.73. The first-order valence-electron chi connectivity index (χ1n) is 7.95. The summed E-state index contributed by atoms with van der Waals surface area (Å²) >= 11 is 0. The van der Waals surface area contributed by atoms with Crippen LogP contribution in [0.1, 0.15) is 48.9 Å². The zero-order valence-electron chi connectivity index (χ0n) is 13.1. The van der Waals surface area contributed by atoms with Gasteiger partial charge >= 0.3 is 0 Å². The monoisotopic (exact) mass is 285 g/mol. The number of rotatable bonds is 3. The minimum absolute atomic E-state index is 0.0112. The highest BCUT2D eigenvalue weighted by Crippen LogP contribution is 2.39. The first-order chi connectivity index (χ1) is 10.1. The molecule has 1 saturated heterocycles. The van der Waals surface area contributed by atoms with Crippen molar-refractivity contribution in [3.8, 4) is 0 Å². The van der Waals surface area contributed by atoms with Gasteiger partial charge in [0.2, 0.25) is 0 Å². The number of hydrogen-bond donors (Lipinski definition) is 1. The second kappa shape index (κ2) is 5.21. The van der Waals surface area contributed by atoms with Crippen molar-refractivity contribution in [3.63, 3.8) is 0 Å². The summed E-state index contributed by atoms with van der Waals surface area (Å²) < 4.78 is 0. The summed E-state index contributed by atoms with van der Waals surface area (Å²) in [5.41, 5.74) is 5.08. The third-order valence-corrected chi connectivity index (χ3v) is 4.82. The third-order valence-electron chi connectivity index (χ3n) is 4.82. The number of aryl methyl sites for hydroxylation is 3. The maximum absolute atomic E-state index is 12.7. The Morgan fingerprint density at radius 3 is 2.67 bits per heavy atom. The minimum atomic E-state index is -0.0811. The Labute approximate surface area is 126 Å². The van der Waals surface area contributed by atoms with Crippen LogP contribution in [0.2, 0.25) is 0 Å². The predicted molar refractivity (Wildman–Crippen MR) is 84.2 cm³/mol. The molecule has 2 aliphatic heterocycles. The zero-order chi connectivity index (χ0) is 15.1. The molecule has 3 heteroatoms. The van der Waals surface area contributed by atoms with Crippen molar-refractivity contribution < 1.29 is 9.90 Å². The molecule has 0 radical (unpaired) electrons. The van der Waals surface area contributed by atoms with Crippen LogP contribution in [0.3, 0.4) is 0 Å². The van der Waals surface area contributed by atoms with Crippen molar-refractivity contribution in [1.82, 2.24) is 4.90 Å². The summed E-state index contributed by atoms with van der Waals surface area (Å²) in [5, 5.41) is 10.6. The fourth-order valence-electron chi connectivity index (χ4n) is 3.73. The van der Waals surface area contributed by atoms with Gasteiger partial charge in [0.25, 0.3) is 5.91 Å². The van der Waals surface area contributed by atoms with Crippen molar-refractivity contribution in [2.75, 3.05) is 6.54 Å². The number of nitrogens with zero attached hydrogens (tertiary/aromatic N) is 1. The van der Waals surface area contributed by atoms with E-state index in [0.717, 1.165) is 43.4 Å². The number of amides is 1. The van der Waals surface area contributed by atoms with Gasteiger partial charge in [0.05, 0.1) is 11.6 Å². The molecule has 21 heavy (non-hydrogen) atoms. The lowest BCUT2D eigenvalue weighted by Crippen LogP contribution is -2.29. The first-order valence-corrected chi connectivity index (χ1v) is 7.95. The van der Waals surface area contributed by atoms with Gasteiger partial charge in [0.15, 0.2) is 0 Å². The van der Waals surface area contributed by atoms with Crippen LogP contribution in [-0.4, -0.2) is 28.5 Å². The van der Waals surface area contributed by atoms with Crippen molar-refractivity contribution >= 4 is 11.5 Å². The topological polar surface area (TPSA) is 40.5 Å². The van der Waals surface area contributed by atoms with Gasteiger partial charge in [-0.3, -0.25) is 4.79 Å². The molecule has 0 spiro atoms. The molecule has 1 aromatic rings. The summed E-state index contributed by atoms with van der Waals surface area (Å²) in [5.74, 6) is 0.302. The molecule has 3 nitrogen and oxygen atoms in total. The molecular weight excluding hydrogens is 262 g/mol. The molecule has 2 aliphatic rings. The highest BCUT2D eigenvalue weighted by Gasteiger charge is 2.43. The van der Waals surface area contributed by atoms with E-state index in [-0.39, 0.29) is 11.9 Å². The van der Waals surface area contributed by atoms with E-state index in [2.05, 4.69) is 26.0 Å². The maximum Gasteiger partial charge on any atom is 0.258 e. The van der Waals surface area contributed by atoms with Crippen molar-refractivity contribution in [2.24, 2.45) is 0 Å². The van der Waals surface area contributed by atoms with E-state index in [0.29, 0.717) is 11.3 Å². The van der Waals surface area contributed by atoms with Gasteiger partial charge in [-0.1, -0.05) is 26.0 Å². The zero-order valence-corrected chi connectivity index (χ0v) is 13.1. The molecule has 0 saturated carbocycles. The van der Waals surface area contributed by atoms with Gasteiger partial charge < -0.3 is 10.0 Å². The van der Waals surface area contributed by atoms with Gasteiger partial charge in [-0.05, 0) is 54.9 Å². The Morgan fingerprint density at radius 1 is 1.29 bits per heavy atom. The summed E-state index contributed by atoms with van der Waals surface area (Å²) in [6, 6.07) is 4.24. The van der Waals surface area contributed by atoms with Crippen LogP contribution in [0.25, 0.3) is 5.57 Å². The molecule has 0 aliphatic carbocycles. The van der Waals surface area contributed by atoms with Crippen LogP contribution in [-0.2, 0) is 17.6 Å². The lowest BCUT2D eigenvalue weighted by atomic mass is 9.90. The Hall–Kier alpha value is -1.77.